The van der Waals surface area contributed by atoms with Gasteiger partial charge in [-0.05, 0) is 38.7 Å². The third-order valence-electron chi connectivity index (χ3n) is 2.99. The van der Waals surface area contributed by atoms with Crippen molar-refractivity contribution in [1.82, 2.24) is 10.2 Å². The van der Waals surface area contributed by atoms with Crippen LogP contribution in [-0.4, -0.2) is 44.6 Å². The molecule has 1 amide bonds. The van der Waals surface area contributed by atoms with Gasteiger partial charge in [0.2, 0.25) is 5.91 Å². The highest BCUT2D eigenvalue weighted by molar-refractivity contribution is 5.80. The normalized spacial score (nSPS) is 14.0. The van der Waals surface area contributed by atoms with E-state index in [0.29, 0.717) is 6.54 Å². The highest BCUT2D eigenvalue weighted by Crippen LogP contribution is 2.21. The average molecular weight is 265 g/mol. The summed E-state index contributed by atoms with van der Waals surface area (Å²) in [6.07, 6.45) is 0. The summed E-state index contributed by atoms with van der Waals surface area (Å²) in [6, 6.07) is 7.42. The van der Waals surface area contributed by atoms with Crippen molar-refractivity contribution in [2.75, 3.05) is 27.7 Å². The zero-order chi connectivity index (χ0) is 14.4. The summed E-state index contributed by atoms with van der Waals surface area (Å²) in [5.41, 5.74) is 6.63. The second-order valence-electron chi connectivity index (χ2n) is 4.79. The second-order valence-corrected chi connectivity index (χ2v) is 4.79. The Kier molecular flexibility index (Phi) is 5.79. The van der Waals surface area contributed by atoms with E-state index in [1.54, 1.807) is 14.0 Å². The van der Waals surface area contributed by atoms with Gasteiger partial charge >= 0.3 is 0 Å². The first-order valence-corrected chi connectivity index (χ1v) is 6.29. The first-order chi connectivity index (χ1) is 8.95. The molecule has 0 aromatic heterocycles. The molecule has 106 valence electrons. The first kappa shape index (κ1) is 15.5. The molecule has 2 atom stereocenters. The monoisotopic (exact) mass is 265 g/mol. The molecule has 0 heterocycles. The minimum Gasteiger partial charge on any atom is -0.497 e. The molecule has 1 aromatic rings. The molecule has 19 heavy (non-hydrogen) atoms. The number of hydrogen-bond acceptors (Lipinski definition) is 4. The molecular formula is C14H23N3O2. The number of carbonyl (C=O) groups is 1. The molecule has 5 heteroatoms. The van der Waals surface area contributed by atoms with Gasteiger partial charge in [-0.2, -0.15) is 0 Å². The maximum Gasteiger partial charge on any atom is 0.236 e. The van der Waals surface area contributed by atoms with Gasteiger partial charge in [-0.1, -0.05) is 12.1 Å². The average Bonchev–Trinajstić information content (AvgIpc) is 2.38. The van der Waals surface area contributed by atoms with Crippen molar-refractivity contribution in [2.24, 2.45) is 5.73 Å². The quantitative estimate of drug-likeness (QED) is 0.797. The van der Waals surface area contributed by atoms with Crippen LogP contribution < -0.4 is 15.8 Å². The lowest BCUT2D eigenvalue weighted by atomic mass is 10.1. The standard InChI is InChI=1S/C14H23N3O2/c1-10(15)14(18)16-9-13(17(2)3)11-6-5-7-12(8-11)19-4/h5-8,10,13H,9,15H2,1-4H3,(H,16,18)/t10-,13?/m1/s1. The van der Waals surface area contributed by atoms with Gasteiger partial charge in [0.25, 0.3) is 0 Å². The van der Waals surface area contributed by atoms with Gasteiger partial charge in [0.1, 0.15) is 5.75 Å². The van der Waals surface area contributed by atoms with E-state index >= 15 is 0 Å². The Morgan fingerprint density at radius 1 is 1.47 bits per heavy atom. The first-order valence-electron chi connectivity index (χ1n) is 6.29. The zero-order valence-electron chi connectivity index (χ0n) is 12.0. The Bertz CT molecular complexity index is 419. The molecule has 0 saturated carbocycles. The van der Waals surface area contributed by atoms with Crippen LogP contribution in [0.25, 0.3) is 0 Å². The van der Waals surface area contributed by atoms with Crippen LogP contribution in [0.2, 0.25) is 0 Å². The number of amides is 1. The fourth-order valence-corrected chi connectivity index (χ4v) is 1.81. The van der Waals surface area contributed by atoms with E-state index < -0.39 is 6.04 Å². The lowest BCUT2D eigenvalue weighted by molar-refractivity contribution is -0.122. The summed E-state index contributed by atoms with van der Waals surface area (Å²) in [5.74, 6) is 0.664. The molecule has 1 unspecified atom stereocenters. The zero-order valence-corrected chi connectivity index (χ0v) is 12.0. The van der Waals surface area contributed by atoms with Crippen molar-refractivity contribution < 1.29 is 9.53 Å². The molecule has 3 N–H and O–H groups in total. The Morgan fingerprint density at radius 3 is 2.68 bits per heavy atom. The van der Waals surface area contributed by atoms with Gasteiger partial charge in [0.05, 0.1) is 19.2 Å². The predicted octanol–water partition coefficient (Wildman–Crippen LogP) is 0.761. The van der Waals surface area contributed by atoms with Crippen LogP contribution in [0.1, 0.15) is 18.5 Å². The number of nitrogens with zero attached hydrogens (tertiary/aromatic N) is 1. The molecule has 0 saturated heterocycles. The molecule has 0 spiro atoms. The van der Waals surface area contributed by atoms with Gasteiger partial charge in [-0.3, -0.25) is 4.79 Å². The molecule has 1 rings (SSSR count). The third kappa shape index (κ3) is 4.54. The summed E-state index contributed by atoms with van der Waals surface area (Å²) in [7, 11) is 5.59. The number of nitrogens with one attached hydrogen (secondary N) is 1. The van der Waals surface area contributed by atoms with E-state index in [2.05, 4.69) is 10.2 Å². The summed E-state index contributed by atoms with van der Waals surface area (Å²) < 4.78 is 5.22. The van der Waals surface area contributed by atoms with Gasteiger partial charge in [-0.15, -0.1) is 0 Å². The molecule has 0 aliphatic carbocycles. The third-order valence-corrected chi connectivity index (χ3v) is 2.99. The molecule has 0 radical (unpaired) electrons. The van der Waals surface area contributed by atoms with E-state index in [9.17, 15) is 4.79 Å². The SMILES string of the molecule is COc1cccc(C(CNC(=O)[C@@H](C)N)N(C)C)c1. The molecule has 0 bridgehead atoms. The van der Waals surface area contributed by atoms with E-state index in [1.807, 2.05) is 38.4 Å². The molecule has 0 fully saturated rings. The summed E-state index contributed by atoms with van der Waals surface area (Å²) in [6.45, 7) is 2.19. The maximum absolute atomic E-state index is 11.5. The number of hydrogen-bond donors (Lipinski definition) is 2. The van der Waals surface area contributed by atoms with Crippen molar-refractivity contribution in [3.63, 3.8) is 0 Å². The number of methoxy groups -OCH3 is 1. The maximum atomic E-state index is 11.5. The Morgan fingerprint density at radius 2 is 2.16 bits per heavy atom. The van der Waals surface area contributed by atoms with Crippen LogP contribution in [0.5, 0.6) is 5.75 Å². The molecule has 0 aliphatic rings. The number of nitrogens with two attached hydrogens (primary N) is 1. The van der Waals surface area contributed by atoms with Crippen LogP contribution in [0.4, 0.5) is 0 Å². The lowest BCUT2D eigenvalue weighted by Gasteiger charge is -2.25. The number of rotatable bonds is 6. The number of likely N-dealkylation sites (N-methyl/N-ethyl adjacent to an activating group) is 1. The summed E-state index contributed by atoms with van der Waals surface area (Å²) >= 11 is 0. The van der Waals surface area contributed by atoms with E-state index in [-0.39, 0.29) is 11.9 Å². The Hall–Kier alpha value is -1.59. The van der Waals surface area contributed by atoms with Gasteiger partial charge in [-0.25, -0.2) is 0 Å². The van der Waals surface area contributed by atoms with Gasteiger partial charge in [0, 0.05) is 6.54 Å². The van der Waals surface area contributed by atoms with Crippen molar-refractivity contribution in [2.45, 2.75) is 19.0 Å². The van der Waals surface area contributed by atoms with Crippen LogP contribution in [0.3, 0.4) is 0 Å². The Labute approximate surface area is 114 Å². The number of carbonyl (C=O) groups excluding carboxylic acids is 1. The van der Waals surface area contributed by atoms with E-state index in [0.717, 1.165) is 11.3 Å². The molecule has 5 nitrogen and oxygen atoms in total. The van der Waals surface area contributed by atoms with E-state index in [1.165, 1.54) is 0 Å². The highest BCUT2D eigenvalue weighted by Gasteiger charge is 2.16. The molecule has 1 aromatic carbocycles. The second kappa shape index (κ2) is 7.11. The van der Waals surface area contributed by atoms with E-state index in [4.69, 9.17) is 10.5 Å². The van der Waals surface area contributed by atoms with Crippen LogP contribution in [-0.2, 0) is 4.79 Å². The largest absolute Gasteiger partial charge is 0.497 e. The highest BCUT2D eigenvalue weighted by atomic mass is 16.5. The van der Waals surface area contributed by atoms with Gasteiger partial charge in [0.15, 0.2) is 0 Å². The van der Waals surface area contributed by atoms with Crippen molar-refractivity contribution >= 4 is 5.91 Å². The molecular weight excluding hydrogens is 242 g/mol. The van der Waals surface area contributed by atoms with Crippen molar-refractivity contribution in [3.8, 4) is 5.75 Å². The fourth-order valence-electron chi connectivity index (χ4n) is 1.81. The topological polar surface area (TPSA) is 67.6 Å². The fraction of sp³-hybridized carbons (Fsp3) is 0.500. The smallest absolute Gasteiger partial charge is 0.236 e. The minimum atomic E-state index is -0.492. The van der Waals surface area contributed by atoms with Crippen LogP contribution in [0, 0.1) is 0 Å². The van der Waals surface area contributed by atoms with Crippen molar-refractivity contribution in [3.05, 3.63) is 29.8 Å². The minimum absolute atomic E-state index is 0.0813. The summed E-state index contributed by atoms with van der Waals surface area (Å²) in [4.78, 5) is 13.6. The Balaban J connectivity index is 2.79. The van der Waals surface area contributed by atoms with Crippen LogP contribution in [0.15, 0.2) is 24.3 Å². The van der Waals surface area contributed by atoms with Crippen molar-refractivity contribution in [1.29, 1.82) is 0 Å². The number of ether oxygens (including phenoxy) is 1. The lowest BCUT2D eigenvalue weighted by Crippen LogP contribution is -2.42. The predicted molar refractivity (Wildman–Crippen MR) is 76.1 cm³/mol. The molecule has 0 aliphatic heterocycles. The van der Waals surface area contributed by atoms with Crippen LogP contribution >= 0.6 is 0 Å². The van der Waals surface area contributed by atoms with Gasteiger partial charge < -0.3 is 20.7 Å². The summed E-state index contributed by atoms with van der Waals surface area (Å²) in [5, 5.41) is 2.85. The number of benzene rings is 1.